The van der Waals surface area contributed by atoms with Crippen molar-refractivity contribution in [3.63, 3.8) is 0 Å². The van der Waals surface area contributed by atoms with Crippen LogP contribution in [0.3, 0.4) is 0 Å². The summed E-state index contributed by atoms with van der Waals surface area (Å²) in [4.78, 5) is 2.21. The van der Waals surface area contributed by atoms with Gasteiger partial charge in [-0.3, -0.25) is 0 Å². The molecule has 0 spiro atoms. The third kappa shape index (κ3) is 4.25. The number of oxime groups is 1. The van der Waals surface area contributed by atoms with Gasteiger partial charge in [0.05, 0.1) is 17.2 Å². The Labute approximate surface area is 131 Å². The SMILES string of the molecule is CCC(CC)N(CCOC)c1cccc(Cl)c1C(N)=NO. The van der Waals surface area contributed by atoms with E-state index in [1.54, 1.807) is 13.2 Å². The van der Waals surface area contributed by atoms with Gasteiger partial charge in [0.25, 0.3) is 0 Å². The maximum atomic E-state index is 9.01. The zero-order chi connectivity index (χ0) is 15.8. The van der Waals surface area contributed by atoms with Gasteiger partial charge in [0, 0.05) is 25.4 Å². The maximum absolute atomic E-state index is 9.01. The summed E-state index contributed by atoms with van der Waals surface area (Å²) in [5.74, 6) is 0.0176. The van der Waals surface area contributed by atoms with Crippen LogP contribution in [0, 0.1) is 0 Å². The molecule has 0 radical (unpaired) electrons. The van der Waals surface area contributed by atoms with Crippen LogP contribution in [0.5, 0.6) is 0 Å². The Morgan fingerprint density at radius 2 is 2.10 bits per heavy atom. The third-order valence-electron chi connectivity index (χ3n) is 3.58. The monoisotopic (exact) mass is 313 g/mol. The topological polar surface area (TPSA) is 71.1 Å². The van der Waals surface area contributed by atoms with Crippen LogP contribution in [0.25, 0.3) is 0 Å². The fourth-order valence-electron chi connectivity index (χ4n) is 2.47. The van der Waals surface area contributed by atoms with Crippen molar-refractivity contribution in [2.24, 2.45) is 10.9 Å². The number of hydrogen-bond acceptors (Lipinski definition) is 4. The lowest BCUT2D eigenvalue weighted by atomic mass is 10.1. The van der Waals surface area contributed by atoms with Crippen molar-refractivity contribution in [3.8, 4) is 0 Å². The number of halogens is 1. The van der Waals surface area contributed by atoms with Crippen LogP contribution in [0.15, 0.2) is 23.4 Å². The van der Waals surface area contributed by atoms with Gasteiger partial charge in [-0.25, -0.2) is 0 Å². The summed E-state index contributed by atoms with van der Waals surface area (Å²) in [7, 11) is 1.67. The number of rotatable bonds is 8. The van der Waals surface area contributed by atoms with E-state index in [4.69, 9.17) is 27.3 Å². The molecule has 0 bridgehead atoms. The first-order valence-corrected chi connectivity index (χ1v) is 7.50. The fourth-order valence-corrected chi connectivity index (χ4v) is 2.74. The molecule has 1 aromatic rings. The molecular weight excluding hydrogens is 290 g/mol. The quantitative estimate of drug-likeness (QED) is 0.335. The minimum absolute atomic E-state index is 0.0176. The van der Waals surface area contributed by atoms with E-state index in [2.05, 4.69) is 23.9 Å². The zero-order valence-electron chi connectivity index (χ0n) is 12.8. The van der Waals surface area contributed by atoms with Crippen molar-refractivity contribution >= 4 is 23.1 Å². The summed E-state index contributed by atoms with van der Waals surface area (Å²) in [6.07, 6.45) is 1.98. The van der Waals surface area contributed by atoms with E-state index in [0.717, 1.165) is 25.1 Å². The summed E-state index contributed by atoms with van der Waals surface area (Å²) in [5, 5.41) is 12.6. The van der Waals surface area contributed by atoms with Crippen LogP contribution >= 0.6 is 11.6 Å². The molecule has 1 rings (SSSR count). The number of methoxy groups -OCH3 is 1. The second kappa shape index (κ2) is 8.74. The van der Waals surface area contributed by atoms with Gasteiger partial charge in [0.1, 0.15) is 0 Å². The highest BCUT2D eigenvalue weighted by Crippen LogP contribution is 2.30. The molecule has 21 heavy (non-hydrogen) atoms. The number of anilines is 1. The first kappa shape index (κ1) is 17.6. The van der Waals surface area contributed by atoms with Gasteiger partial charge in [-0.2, -0.15) is 0 Å². The van der Waals surface area contributed by atoms with Gasteiger partial charge in [-0.1, -0.05) is 36.7 Å². The maximum Gasteiger partial charge on any atom is 0.173 e. The predicted octanol–water partition coefficient (Wildman–Crippen LogP) is 3.08. The number of hydrogen-bond donors (Lipinski definition) is 2. The molecule has 0 amide bonds. The van der Waals surface area contributed by atoms with Crippen LogP contribution in [-0.2, 0) is 4.74 Å². The van der Waals surface area contributed by atoms with Crippen molar-refractivity contribution < 1.29 is 9.94 Å². The minimum atomic E-state index is 0.0176. The lowest BCUT2D eigenvalue weighted by Crippen LogP contribution is -2.38. The van der Waals surface area contributed by atoms with Crippen LogP contribution in [-0.4, -0.2) is 37.3 Å². The summed E-state index contributed by atoms with van der Waals surface area (Å²) in [5.41, 5.74) is 7.23. The van der Waals surface area contributed by atoms with E-state index in [0.29, 0.717) is 23.2 Å². The Morgan fingerprint density at radius 1 is 1.43 bits per heavy atom. The number of nitrogens with zero attached hydrogens (tertiary/aromatic N) is 2. The molecule has 5 nitrogen and oxygen atoms in total. The van der Waals surface area contributed by atoms with Gasteiger partial charge in [-0.05, 0) is 25.0 Å². The molecule has 0 saturated heterocycles. The van der Waals surface area contributed by atoms with E-state index in [9.17, 15) is 0 Å². The third-order valence-corrected chi connectivity index (χ3v) is 3.90. The number of nitrogens with two attached hydrogens (primary N) is 1. The highest BCUT2D eigenvalue weighted by molar-refractivity contribution is 6.34. The van der Waals surface area contributed by atoms with Crippen LogP contribution < -0.4 is 10.6 Å². The Bertz CT molecular complexity index is 476. The van der Waals surface area contributed by atoms with Gasteiger partial charge < -0.3 is 20.6 Å². The van der Waals surface area contributed by atoms with E-state index in [-0.39, 0.29) is 5.84 Å². The highest BCUT2D eigenvalue weighted by Gasteiger charge is 2.21. The number of ether oxygens (including phenoxy) is 1. The second-order valence-corrected chi connectivity index (χ2v) is 5.18. The minimum Gasteiger partial charge on any atom is -0.409 e. The Morgan fingerprint density at radius 3 is 2.62 bits per heavy atom. The lowest BCUT2D eigenvalue weighted by molar-refractivity contribution is 0.202. The van der Waals surface area contributed by atoms with Gasteiger partial charge in [0.2, 0.25) is 0 Å². The van der Waals surface area contributed by atoms with Gasteiger partial charge in [0.15, 0.2) is 5.84 Å². The zero-order valence-corrected chi connectivity index (χ0v) is 13.6. The van der Waals surface area contributed by atoms with Crippen molar-refractivity contribution in [2.75, 3.05) is 25.2 Å². The molecule has 0 unspecified atom stereocenters. The predicted molar refractivity (Wildman–Crippen MR) is 87.6 cm³/mol. The summed E-state index contributed by atoms with van der Waals surface area (Å²) < 4.78 is 5.20. The smallest absolute Gasteiger partial charge is 0.173 e. The molecule has 0 aromatic heterocycles. The van der Waals surface area contributed by atoms with Crippen molar-refractivity contribution in [1.29, 1.82) is 0 Å². The first-order chi connectivity index (χ1) is 10.1. The molecule has 0 heterocycles. The molecule has 0 aliphatic carbocycles. The summed E-state index contributed by atoms with van der Waals surface area (Å²) in [6.45, 7) is 5.59. The summed E-state index contributed by atoms with van der Waals surface area (Å²) in [6, 6.07) is 5.88. The lowest BCUT2D eigenvalue weighted by Gasteiger charge is -2.34. The molecule has 3 N–H and O–H groups in total. The van der Waals surface area contributed by atoms with E-state index in [1.807, 2.05) is 12.1 Å². The van der Waals surface area contributed by atoms with Crippen molar-refractivity contribution in [3.05, 3.63) is 28.8 Å². The average molecular weight is 314 g/mol. The first-order valence-electron chi connectivity index (χ1n) is 7.12. The molecular formula is C15H24ClN3O2. The van der Waals surface area contributed by atoms with Crippen LogP contribution in [0.4, 0.5) is 5.69 Å². The Balaban J connectivity index is 3.32. The van der Waals surface area contributed by atoms with E-state index in [1.165, 1.54) is 0 Å². The molecule has 6 heteroatoms. The fraction of sp³-hybridized carbons (Fsp3) is 0.533. The van der Waals surface area contributed by atoms with Crippen LogP contribution in [0.2, 0.25) is 5.02 Å². The normalized spacial score (nSPS) is 12.0. The summed E-state index contributed by atoms with van der Waals surface area (Å²) >= 11 is 6.24. The number of benzene rings is 1. The Hall–Kier alpha value is -1.46. The molecule has 118 valence electrons. The average Bonchev–Trinajstić information content (AvgIpc) is 2.50. The van der Waals surface area contributed by atoms with E-state index < -0.39 is 0 Å². The molecule has 0 fully saturated rings. The van der Waals surface area contributed by atoms with E-state index >= 15 is 0 Å². The standard InChI is InChI=1S/C15H24ClN3O2/c1-4-11(5-2)19(9-10-21-3)13-8-6-7-12(16)14(13)15(17)18-20/h6-8,11,20H,4-5,9-10H2,1-3H3,(H2,17,18). The molecule has 0 atom stereocenters. The van der Waals surface area contributed by atoms with Gasteiger partial charge >= 0.3 is 0 Å². The van der Waals surface area contributed by atoms with Gasteiger partial charge in [-0.15, -0.1) is 0 Å². The molecule has 0 aliphatic rings. The molecule has 0 saturated carbocycles. The number of amidine groups is 1. The van der Waals surface area contributed by atoms with Crippen molar-refractivity contribution in [1.82, 2.24) is 0 Å². The molecule has 0 aliphatic heterocycles. The highest BCUT2D eigenvalue weighted by atomic mass is 35.5. The van der Waals surface area contributed by atoms with Crippen LogP contribution in [0.1, 0.15) is 32.3 Å². The second-order valence-electron chi connectivity index (χ2n) is 4.78. The van der Waals surface area contributed by atoms with Crippen molar-refractivity contribution in [2.45, 2.75) is 32.7 Å². The molecule has 1 aromatic carbocycles. The Kier molecular flexibility index (Phi) is 7.32. The largest absolute Gasteiger partial charge is 0.409 e.